The molecule has 1 aliphatic heterocycles. The number of allylic oxidation sites excluding steroid dienone is 1. The van der Waals surface area contributed by atoms with Crippen LogP contribution in [0.1, 0.15) is 12.5 Å². The Morgan fingerprint density at radius 1 is 1.04 bits per heavy atom. The molecule has 1 unspecified atom stereocenters. The maximum Gasteiger partial charge on any atom is 0.264 e. The normalized spacial score (nSPS) is 17.6. The van der Waals surface area contributed by atoms with Gasteiger partial charge in [0.05, 0.1) is 11.4 Å². The molecule has 1 heterocycles. The zero-order valence-electron chi connectivity index (χ0n) is 12.7. The van der Waals surface area contributed by atoms with E-state index in [1.807, 2.05) is 48.5 Å². The van der Waals surface area contributed by atoms with Crippen LogP contribution >= 0.6 is 0 Å². The van der Waals surface area contributed by atoms with Crippen molar-refractivity contribution in [2.75, 3.05) is 5.01 Å². The SMILES string of the molecule is CC1=NN(c2ccccc2)C(=O)C1C(=O)C=Cc1ccccc1. The number of para-hydroxylation sites is 1. The Hall–Kier alpha value is -3.01. The zero-order chi connectivity index (χ0) is 16.2. The van der Waals surface area contributed by atoms with E-state index in [9.17, 15) is 9.59 Å². The molecule has 4 nitrogen and oxygen atoms in total. The Morgan fingerprint density at radius 3 is 2.30 bits per heavy atom. The van der Waals surface area contributed by atoms with Gasteiger partial charge in [0.15, 0.2) is 5.78 Å². The highest BCUT2D eigenvalue weighted by atomic mass is 16.2. The highest BCUT2D eigenvalue weighted by Crippen LogP contribution is 2.24. The van der Waals surface area contributed by atoms with E-state index in [0.29, 0.717) is 11.4 Å². The Bertz CT molecular complexity index is 780. The highest BCUT2D eigenvalue weighted by Gasteiger charge is 2.38. The molecule has 0 aliphatic carbocycles. The smallest absolute Gasteiger partial charge is 0.264 e. The predicted octanol–water partition coefficient (Wildman–Crippen LogP) is 3.31. The van der Waals surface area contributed by atoms with Crippen molar-refractivity contribution in [3.05, 3.63) is 72.3 Å². The number of benzene rings is 2. The molecule has 3 rings (SSSR count). The number of nitrogens with zero attached hydrogens (tertiary/aromatic N) is 2. The monoisotopic (exact) mass is 304 g/mol. The number of hydrogen-bond donors (Lipinski definition) is 0. The summed E-state index contributed by atoms with van der Waals surface area (Å²) in [6.45, 7) is 1.71. The average molecular weight is 304 g/mol. The first kappa shape index (κ1) is 14.9. The van der Waals surface area contributed by atoms with Gasteiger partial charge in [0, 0.05) is 0 Å². The minimum absolute atomic E-state index is 0.251. The molecule has 0 spiro atoms. The third-order valence-corrected chi connectivity index (χ3v) is 3.66. The number of anilines is 1. The van der Waals surface area contributed by atoms with Crippen LogP contribution < -0.4 is 5.01 Å². The van der Waals surface area contributed by atoms with Crippen LogP contribution in [-0.4, -0.2) is 17.4 Å². The van der Waals surface area contributed by atoms with E-state index >= 15 is 0 Å². The van der Waals surface area contributed by atoms with E-state index in [4.69, 9.17) is 0 Å². The van der Waals surface area contributed by atoms with Crippen molar-refractivity contribution in [3.8, 4) is 0 Å². The van der Waals surface area contributed by atoms with Crippen LogP contribution in [0.5, 0.6) is 0 Å². The van der Waals surface area contributed by atoms with E-state index in [0.717, 1.165) is 5.56 Å². The minimum Gasteiger partial charge on any atom is -0.294 e. The highest BCUT2D eigenvalue weighted by molar-refractivity contribution is 6.29. The molecule has 0 N–H and O–H groups in total. The van der Waals surface area contributed by atoms with Gasteiger partial charge < -0.3 is 0 Å². The van der Waals surface area contributed by atoms with E-state index in [-0.39, 0.29) is 11.7 Å². The number of amides is 1. The van der Waals surface area contributed by atoms with Gasteiger partial charge in [-0.15, -0.1) is 0 Å². The number of rotatable bonds is 4. The number of hydrazone groups is 1. The minimum atomic E-state index is -0.838. The van der Waals surface area contributed by atoms with Gasteiger partial charge in [0.2, 0.25) is 0 Å². The third-order valence-electron chi connectivity index (χ3n) is 3.66. The lowest BCUT2D eigenvalue weighted by molar-refractivity contribution is -0.126. The Morgan fingerprint density at radius 2 is 1.65 bits per heavy atom. The Labute approximate surface area is 134 Å². The third kappa shape index (κ3) is 3.11. The molecule has 0 bridgehead atoms. The van der Waals surface area contributed by atoms with E-state index in [1.165, 1.54) is 11.1 Å². The van der Waals surface area contributed by atoms with Gasteiger partial charge in [0.1, 0.15) is 5.92 Å². The fourth-order valence-electron chi connectivity index (χ4n) is 2.49. The van der Waals surface area contributed by atoms with Crippen molar-refractivity contribution in [3.63, 3.8) is 0 Å². The largest absolute Gasteiger partial charge is 0.294 e. The maximum atomic E-state index is 12.5. The number of carbonyl (C=O) groups is 2. The second-order valence-corrected chi connectivity index (χ2v) is 5.31. The summed E-state index contributed by atoms with van der Waals surface area (Å²) in [6, 6.07) is 18.6. The van der Waals surface area contributed by atoms with Crippen molar-refractivity contribution >= 4 is 29.2 Å². The molecule has 1 atom stereocenters. The summed E-state index contributed by atoms with van der Waals surface area (Å²) < 4.78 is 0. The molecule has 23 heavy (non-hydrogen) atoms. The quantitative estimate of drug-likeness (QED) is 0.643. The fourth-order valence-corrected chi connectivity index (χ4v) is 2.49. The van der Waals surface area contributed by atoms with Gasteiger partial charge in [-0.3, -0.25) is 9.59 Å². The van der Waals surface area contributed by atoms with Crippen molar-refractivity contribution < 1.29 is 9.59 Å². The lowest BCUT2D eigenvalue weighted by Gasteiger charge is -2.12. The molecule has 2 aromatic rings. The number of ketones is 1. The van der Waals surface area contributed by atoms with E-state index in [1.54, 1.807) is 25.1 Å². The van der Waals surface area contributed by atoms with Gasteiger partial charge in [-0.05, 0) is 30.7 Å². The lowest BCUT2D eigenvalue weighted by Crippen LogP contribution is -2.31. The van der Waals surface area contributed by atoms with Crippen LogP contribution in [-0.2, 0) is 9.59 Å². The maximum absolute atomic E-state index is 12.5. The van der Waals surface area contributed by atoms with Gasteiger partial charge >= 0.3 is 0 Å². The molecular formula is C19H16N2O2. The lowest BCUT2D eigenvalue weighted by atomic mass is 9.98. The van der Waals surface area contributed by atoms with Crippen molar-refractivity contribution in [2.24, 2.45) is 11.0 Å². The Balaban J connectivity index is 1.79. The predicted molar refractivity (Wildman–Crippen MR) is 91.0 cm³/mol. The standard InChI is InChI=1S/C19H16N2O2/c1-14-18(17(22)13-12-15-8-4-2-5-9-15)19(23)21(20-14)16-10-6-3-7-11-16/h2-13,18H,1H3. The summed E-state index contributed by atoms with van der Waals surface area (Å²) in [5.74, 6) is -1.40. The zero-order valence-corrected chi connectivity index (χ0v) is 12.7. The van der Waals surface area contributed by atoms with Crippen LogP contribution in [0.15, 0.2) is 71.8 Å². The molecule has 4 heteroatoms. The van der Waals surface area contributed by atoms with E-state index in [2.05, 4.69) is 5.10 Å². The van der Waals surface area contributed by atoms with Crippen LogP contribution in [0.2, 0.25) is 0 Å². The summed E-state index contributed by atoms with van der Waals surface area (Å²) in [5.41, 5.74) is 2.10. The molecule has 0 fully saturated rings. The fraction of sp³-hybridized carbons (Fsp3) is 0.105. The summed E-state index contributed by atoms with van der Waals surface area (Å²) in [5, 5.41) is 5.54. The second-order valence-electron chi connectivity index (χ2n) is 5.31. The average Bonchev–Trinajstić information content (AvgIpc) is 2.89. The summed E-state index contributed by atoms with van der Waals surface area (Å²) in [7, 11) is 0. The number of carbonyl (C=O) groups excluding carboxylic acids is 2. The van der Waals surface area contributed by atoms with Crippen molar-refractivity contribution in [2.45, 2.75) is 6.92 Å². The molecule has 0 aromatic heterocycles. The van der Waals surface area contributed by atoms with Gasteiger partial charge in [-0.25, -0.2) is 0 Å². The Kier molecular flexibility index (Phi) is 4.15. The molecule has 0 saturated heterocycles. The van der Waals surface area contributed by atoms with Crippen LogP contribution in [0.3, 0.4) is 0 Å². The number of hydrogen-bond acceptors (Lipinski definition) is 3. The molecule has 2 aromatic carbocycles. The first-order valence-corrected chi connectivity index (χ1v) is 7.38. The first-order chi connectivity index (χ1) is 11.2. The molecule has 1 aliphatic rings. The van der Waals surface area contributed by atoms with E-state index < -0.39 is 5.92 Å². The van der Waals surface area contributed by atoms with Gasteiger partial charge in [-0.1, -0.05) is 54.6 Å². The van der Waals surface area contributed by atoms with Crippen LogP contribution in [0, 0.1) is 5.92 Å². The molecule has 0 saturated carbocycles. The summed E-state index contributed by atoms with van der Waals surface area (Å²) >= 11 is 0. The molecule has 114 valence electrons. The molecule has 1 amide bonds. The summed E-state index contributed by atoms with van der Waals surface area (Å²) in [4.78, 5) is 24.9. The summed E-state index contributed by atoms with van der Waals surface area (Å²) in [6.07, 6.45) is 3.17. The van der Waals surface area contributed by atoms with Crippen LogP contribution in [0.25, 0.3) is 6.08 Å². The molecule has 0 radical (unpaired) electrons. The molecular weight excluding hydrogens is 288 g/mol. The first-order valence-electron chi connectivity index (χ1n) is 7.38. The van der Waals surface area contributed by atoms with Crippen molar-refractivity contribution in [1.82, 2.24) is 0 Å². The van der Waals surface area contributed by atoms with Crippen LogP contribution in [0.4, 0.5) is 5.69 Å². The van der Waals surface area contributed by atoms with Gasteiger partial charge in [0.25, 0.3) is 5.91 Å². The second kappa shape index (κ2) is 6.40. The topological polar surface area (TPSA) is 49.7 Å². The van der Waals surface area contributed by atoms with Gasteiger partial charge in [-0.2, -0.15) is 10.1 Å². The van der Waals surface area contributed by atoms with Crippen molar-refractivity contribution in [1.29, 1.82) is 0 Å².